The molecule has 90 valence electrons. The van der Waals surface area contributed by atoms with Crippen LogP contribution in [-0.2, 0) is 9.47 Å². The Balaban J connectivity index is 2.45. The molecule has 1 rings (SSSR count). The summed E-state index contributed by atoms with van der Waals surface area (Å²) < 4.78 is 11.0. The van der Waals surface area contributed by atoms with Crippen molar-refractivity contribution in [3.8, 4) is 0 Å². The van der Waals surface area contributed by atoms with Crippen molar-refractivity contribution < 1.29 is 9.47 Å². The van der Waals surface area contributed by atoms with Crippen molar-refractivity contribution in [3.05, 3.63) is 0 Å². The van der Waals surface area contributed by atoms with Gasteiger partial charge in [0.15, 0.2) is 0 Å². The molecule has 1 aliphatic heterocycles. The van der Waals surface area contributed by atoms with Gasteiger partial charge in [-0.15, -0.1) is 0 Å². The normalized spacial score (nSPS) is 26.2. The predicted molar refractivity (Wildman–Crippen MR) is 62.1 cm³/mol. The summed E-state index contributed by atoms with van der Waals surface area (Å²) >= 11 is 0. The van der Waals surface area contributed by atoms with Gasteiger partial charge >= 0.3 is 0 Å². The Bertz CT molecular complexity index is 158. The molecule has 0 amide bonds. The van der Waals surface area contributed by atoms with E-state index in [9.17, 15) is 0 Å². The highest BCUT2D eigenvalue weighted by molar-refractivity contribution is 4.83. The van der Waals surface area contributed by atoms with E-state index in [4.69, 9.17) is 9.47 Å². The van der Waals surface area contributed by atoms with Gasteiger partial charge in [-0.05, 0) is 32.7 Å². The van der Waals surface area contributed by atoms with Crippen LogP contribution in [0.15, 0.2) is 0 Å². The van der Waals surface area contributed by atoms with Crippen LogP contribution in [0.5, 0.6) is 0 Å². The molecule has 0 saturated carbocycles. The van der Waals surface area contributed by atoms with Gasteiger partial charge in [-0.2, -0.15) is 0 Å². The Morgan fingerprint density at radius 3 is 2.87 bits per heavy atom. The van der Waals surface area contributed by atoms with Crippen LogP contribution < -0.4 is 5.32 Å². The van der Waals surface area contributed by atoms with Crippen LogP contribution >= 0.6 is 0 Å². The van der Waals surface area contributed by atoms with Gasteiger partial charge in [0.25, 0.3) is 0 Å². The highest BCUT2D eigenvalue weighted by atomic mass is 16.5. The molecule has 3 atom stereocenters. The third-order valence-corrected chi connectivity index (χ3v) is 3.21. The fourth-order valence-corrected chi connectivity index (χ4v) is 2.22. The van der Waals surface area contributed by atoms with Crippen LogP contribution in [-0.4, -0.2) is 39.0 Å². The van der Waals surface area contributed by atoms with E-state index in [1.165, 1.54) is 19.3 Å². The van der Waals surface area contributed by atoms with Crippen LogP contribution in [0.2, 0.25) is 0 Å². The summed E-state index contributed by atoms with van der Waals surface area (Å²) in [6.45, 7) is 7.21. The van der Waals surface area contributed by atoms with Crippen molar-refractivity contribution >= 4 is 0 Å². The van der Waals surface area contributed by atoms with Crippen LogP contribution in [0.4, 0.5) is 0 Å². The number of hydrogen-bond acceptors (Lipinski definition) is 3. The van der Waals surface area contributed by atoms with Crippen molar-refractivity contribution in [2.24, 2.45) is 5.92 Å². The van der Waals surface area contributed by atoms with E-state index >= 15 is 0 Å². The smallest absolute Gasteiger partial charge is 0.0699 e. The second-order valence-electron chi connectivity index (χ2n) is 4.40. The molecule has 1 saturated heterocycles. The van der Waals surface area contributed by atoms with Crippen molar-refractivity contribution in [1.29, 1.82) is 0 Å². The molecule has 0 radical (unpaired) electrons. The lowest BCUT2D eigenvalue weighted by atomic mass is 9.90. The largest absolute Gasteiger partial charge is 0.381 e. The summed E-state index contributed by atoms with van der Waals surface area (Å²) in [6, 6.07) is 0.440. The highest BCUT2D eigenvalue weighted by Gasteiger charge is 2.28. The molecule has 1 heterocycles. The second kappa shape index (κ2) is 7.20. The molecule has 0 aromatic carbocycles. The summed E-state index contributed by atoms with van der Waals surface area (Å²) in [4.78, 5) is 0. The third-order valence-electron chi connectivity index (χ3n) is 3.21. The van der Waals surface area contributed by atoms with Crippen LogP contribution in [0.25, 0.3) is 0 Å². The van der Waals surface area contributed by atoms with Gasteiger partial charge in [-0.25, -0.2) is 0 Å². The summed E-state index contributed by atoms with van der Waals surface area (Å²) in [7, 11) is 1.79. The van der Waals surface area contributed by atoms with Gasteiger partial charge in [-0.1, -0.05) is 6.92 Å². The molecule has 0 aliphatic carbocycles. The fourth-order valence-electron chi connectivity index (χ4n) is 2.22. The number of hydrogen-bond donors (Lipinski definition) is 1. The van der Waals surface area contributed by atoms with Gasteiger partial charge in [0, 0.05) is 25.7 Å². The number of ether oxygens (including phenoxy) is 2. The maximum absolute atomic E-state index is 5.54. The molecular weight excluding hydrogens is 190 g/mol. The zero-order valence-corrected chi connectivity index (χ0v) is 10.3. The summed E-state index contributed by atoms with van der Waals surface area (Å²) in [6.07, 6.45) is 3.88. The Kier molecular flexibility index (Phi) is 6.22. The van der Waals surface area contributed by atoms with E-state index in [0.717, 1.165) is 19.8 Å². The molecule has 0 bridgehead atoms. The van der Waals surface area contributed by atoms with Gasteiger partial charge in [0.1, 0.15) is 0 Å². The SMILES string of the molecule is CCCNC(C1CCCOC1)C(C)OC. The third kappa shape index (κ3) is 4.09. The van der Waals surface area contributed by atoms with Gasteiger partial charge in [0.2, 0.25) is 0 Å². The molecule has 0 spiro atoms. The molecule has 0 aromatic heterocycles. The van der Waals surface area contributed by atoms with Crippen molar-refractivity contribution in [1.82, 2.24) is 5.32 Å². The lowest BCUT2D eigenvalue weighted by Gasteiger charge is -2.34. The zero-order chi connectivity index (χ0) is 11.1. The topological polar surface area (TPSA) is 30.5 Å². The Morgan fingerprint density at radius 2 is 2.33 bits per heavy atom. The standard InChI is InChI=1S/C12H25NO2/c1-4-7-13-12(10(2)14-3)11-6-5-8-15-9-11/h10-13H,4-9H2,1-3H3. The highest BCUT2D eigenvalue weighted by Crippen LogP contribution is 2.20. The first-order valence-corrected chi connectivity index (χ1v) is 6.13. The van der Waals surface area contributed by atoms with Gasteiger partial charge in [-0.3, -0.25) is 0 Å². The maximum atomic E-state index is 5.54. The minimum atomic E-state index is 0.267. The average molecular weight is 215 g/mol. The minimum absolute atomic E-state index is 0.267. The van der Waals surface area contributed by atoms with Gasteiger partial charge in [0.05, 0.1) is 12.7 Å². The molecule has 1 N–H and O–H groups in total. The number of nitrogens with one attached hydrogen (secondary N) is 1. The Hall–Kier alpha value is -0.120. The molecule has 15 heavy (non-hydrogen) atoms. The Morgan fingerprint density at radius 1 is 1.53 bits per heavy atom. The van der Waals surface area contributed by atoms with Crippen molar-refractivity contribution in [2.75, 3.05) is 26.9 Å². The molecule has 3 nitrogen and oxygen atoms in total. The molecular formula is C12H25NO2. The molecule has 3 unspecified atom stereocenters. The summed E-state index contributed by atoms with van der Waals surface area (Å²) in [5.74, 6) is 0.611. The van der Waals surface area contributed by atoms with Gasteiger partial charge < -0.3 is 14.8 Å². The van der Waals surface area contributed by atoms with E-state index in [0.29, 0.717) is 12.0 Å². The zero-order valence-electron chi connectivity index (χ0n) is 10.3. The number of rotatable bonds is 6. The predicted octanol–water partition coefficient (Wildman–Crippen LogP) is 1.82. The van der Waals surface area contributed by atoms with E-state index in [-0.39, 0.29) is 6.10 Å². The molecule has 1 aliphatic rings. The first kappa shape index (κ1) is 12.9. The quantitative estimate of drug-likeness (QED) is 0.733. The monoisotopic (exact) mass is 215 g/mol. The molecule has 1 fully saturated rings. The lowest BCUT2D eigenvalue weighted by Crippen LogP contribution is -2.48. The van der Waals surface area contributed by atoms with Crippen LogP contribution in [0.3, 0.4) is 0 Å². The first-order chi connectivity index (χ1) is 7.29. The second-order valence-corrected chi connectivity index (χ2v) is 4.40. The van der Waals surface area contributed by atoms with E-state index in [1.54, 1.807) is 7.11 Å². The number of methoxy groups -OCH3 is 1. The minimum Gasteiger partial charge on any atom is -0.381 e. The molecule has 0 aromatic rings. The van der Waals surface area contributed by atoms with Crippen LogP contribution in [0.1, 0.15) is 33.1 Å². The first-order valence-electron chi connectivity index (χ1n) is 6.13. The summed E-state index contributed by atoms with van der Waals surface area (Å²) in [5, 5.41) is 3.58. The van der Waals surface area contributed by atoms with Crippen molar-refractivity contribution in [2.45, 2.75) is 45.3 Å². The fraction of sp³-hybridized carbons (Fsp3) is 1.00. The van der Waals surface area contributed by atoms with Crippen molar-refractivity contribution in [3.63, 3.8) is 0 Å². The Labute approximate surface area is 93.5 Å². The maximum Gasteiger partial charge on any atom is 0.0699 e. The molecule has 3 heteroatoms. The van der Waals surface area contributed by atoms with Crippen LogP contribution in [0, 0.1) is 5.92 Å². The average Bonchev–Trinajstić information content (AvgIpc) is 2.30. The van der Waals surface area contributed by atoms with E-state index < -0.39 is 0 Å². The van der Waals surface area contributed by atoms with E-state index in [2.05, 4.69) is 19.2 Å². The van der Waals surface area contributed by atoms with E-state index in [1.807, 2.05) is 0 Å². The summed E-state index contributed by atoms with van der Waals surface area (Å²) in [5.41, 5.74) is 0. The lowest BCUT2D eigenvalue weighted by molar-refractivity contribution is -0.00299.